The average molecular weight is 479 g/mol. The minimum absolute atomic E-state index is 0.0450. The van der Waals surface area contributed by atoms with Gasteiger partial charge in [0.15, 0.2) is 11.5 Å². The fourth-order valence-corrected chi connectivity index (χ4v) is 4.00. The highest BCUT2D eigenvalue weighted by atomic mass is 16.5. The molecule has 3 aromatic rings. The van der Waals surface area contributed by atoms with Crippen LogP contribution in [0.5, 0.6) is 11.5 Å². The third-order valence-electron chi connectivity index (χ3n) is 6.14. The van der Waals surface area contributed by atoms with E-state index >= 15 is 0 Å². The number of amides is 1. The maximum atomic E-state index is 11.8. The van der Waals surface area contributed by atoms with Gasteiger partial charge in [-0.2, -0.15) is 0 Å². The van der Waals surface area contributed by atoms with Crippen LogP contribution in [0.4, 0.5) is 11.4 Å². The average Bonchev–Trinajstić information content (AvgIpc) is 3.67. The topological polar surface area (TPSA) is 119 Å². The van der Waals surface area contributed by atoms with E-state index < -0.39 is 11.5 Å². The molecule has 1 atom stereocenters. The number of nitrogens with zero attached hydrogens (tertiary/aromatic N) is 1. The lowest BCUT2D eigenvalue weighted by Gasteiger charge is -2.25. The van der Waals surface area contributed by atoms with Crippen LogP contribution in [0.25, 0.3) is 10.9 Å². The van der Waals surface area contributed by atoms with Gasteiger partial charge in [0.25, 0.3) is 0 Å². The number of benzene rings is 2. The summed E-state index contributed by atoms with van der Waals surface area (Å²) in [5.74, 6) is 0.553. The van der Waals surface area contributed by atoms with E-state index in [9.17, 15) is 9.90 Å². The van der Waals surface area contributed by atoms with Gasteiger partial charge >= 0.3 is 0 Å². The Balaban J connectivity index is 1.72. The zero-order chi connectivity index (χ0) is 25.0. The number of aryl methyl sites for hydroxylation is 1. The van der Waals surface area contributed by atoms with Crippen molar-refractivity contribution in [3.05, 3.63) is 53.7 Å². The summed E-state index contributed by atoms with van der Waals surface area (Å²) >= 11 is 0. The van der Waals surface area contributed by atoms with E-state index in [1.54, 1.807) is 26.3 Å². The Morgan fingerprint density at radius 3 is 2.69 bits per heavy atom. The number of primary amides is 1. The zero-order valence-corrected chi connectivity index (χ0v) is 20.6. The molecular weight excluding hydrogens is 444 g/mol. The highest BCUT2D eigenvalue weighted by molar-refractivity contribution is 5.98. The van der Waals surface area contributed by atoms with Crippen LogP contribution < -0.4 is 25.8 Å². The number of carbonyl (C=O) groups is 1. The number of nitrogens with one attached hydrogen (secondary N) is 2. The molecule has 0 radical (unpaired) electrons. The standard InChI is InChI=1S/C27H34N4O4/c1-4-17-7-5-6-8-21(17)31-26-18(11-25(28)32)14-29-22-13-23(34-3)24(12-20(22)26)35-16-27(2,33)15-30-19-9-10-19/h5-8,12-14,19,30,33H,4,9-11,15-16H2,1-3H3,(H2,28,32)(H,29,31)/t27-/m1/s1. The molecule has 1 fully saturated rings. The molecule has 0 aliphatic heterocycles. The van der Waals surface area contributed by atoms with Crippen LogP contribution >= 0.6 is 0 Å². The molecule has 5 N–H and O–H groups in total. The number of aliphatic hydroxyl groups is 1. The first kappa shape index (κ1) is 24.8. The SMILES string of the molecule is CCc1ccccc1Nc1c(CC(N)=O)cnc2cc(OC)c(OC[C@](C)(O)CNC3CC3)cc12. The Labute approximate surface area is 205 Å². The van der Waals surface area contributed by atoms with Crippen molar-refractivity contribution in [1.82, 2.24) is 10.3 Å². The lowest BCUT2D eigenvalue weighted by Crippen LogP contribution is -2.43. The van der Waals surface area contributed by atoms with Gasteiger partial charge in [0, 0.05) is 41.5 Å². The molecule has 0 spiro atoms. The number of para-hydroxylation sites is 1. The minimum atomic E-state index is -1.05. The highest BCUT2D eigenvalue weighted by Crippen LogP contribution is 2.38. The van der Waals surface area contributed by atoms with E-state index in [1.807, 2.05) is 24.3 Å². The van der Waals surface area contributed by atoms with Crippen molar-refractivity contribution in [2.75, 3.05) is 25.6 Å². The van der Waals surface area contributed by atoms with Gasteiger partial charge in [-0.1, -0.05) is 25.1 Å². The molecular formula is C27H34N4O4. The number of aromatic nitrogens is 1. The third-order valence-corrected chi connectivity index (χ3v) is 6.14. The second-order valence-corrected chi connectivity index (χ2v) is 9.40. The number of pyridine rings is 1. The predicted molar refractivity (Wildman–Crippen MR) is 137 cm³/mol. The molecule has 0 saturated heterocycles. The Morgan fingerprint density at radius 2 is 2.00 bits per heavy atom. The van der Waals surface area contributed by atoms with Crippen molar-refractivity contribution in [3.8, 4) is 11.5 Å². The monoisotopic (exact) mass is 478 g/mol. The van der Waals surface area contributed by atoms with Crippen LogP contribution in [0.1, 0.15) is 37.8 Å². The van der Waals surface area contributed by atoms with Crippen molar-refractivity contribution < 1.29 is 19.4 Å². The van der Waals surface area contributed by atoms with Crippen LogP contribution in [0.3, 0.4) is 0 Å². The van der Waals surface area contributed by atoms with E-state index in [2.05, 4.69) is 28.6 Å². The fourth-order valence-electron chi connectivity index (χ4n) is 4.00. The molecule has 1 aliphatic rings. The quantitative estimate of drug-likeness (QED) is 0.315. The first-order valence-electron chi connectivity index (χ1n) is 12.0. The number of ether oxygens (including phenoxy) is 2. The lowest BCUT2D eigenvalue weighted by molar-refractivity contribution is -0.117. The molecule has 35 heavy (non-hydrogen) atoms. The van der Waals surface area contributed by atoms with Crippen LogP contribution in [-0.4, -0.2) is 47.9 Å². The first-order valence-corrected chi connectivity index (χ1v) is 12.0. The molecule has 1 amide bonds. The Kier molecular flexibility index (Phi) is 7.42. The Hall–Kier alpha value is -3.36. The third kappa shape index (κ3) is 6.21. The molecule has 186 valence electrons. The van der Waals surface area contributed by atoms with Gasteiger partial charge in [-0.25, -0.2) is 0 Å². The van der Waals surface area contributed by atoms with E-state index in [1.165, 1.54) is 0 Å². The van der Waals surface area contributed by atoms with Crippen molar-refractivity contribution in [2.24, 2.45) is 5.73 Å². The lowest BCUT2D eigenvalue weighted by atomic mass is 10.0. The van der Waals surface area contributed by atoms with Crippen molar-refractivity contribution in [3.63, 3.8) is 0 Å². The van der Waals surface area contributed by atoms with Gasteiger partial charge in [-0.05, 0) is 43.9 Å². The molecule has 0 unspecified atom stereocenters. The number of hydrogen-bond acceptors (Lipinski definition) is 7. The smallest absolute Gasteiger partial charge is 0.221 e. The normalized spacial score (nSPS) is 15.0. The van der Waals surface area contributed by atoms with Gasteiger partial charge in [0.2, 0.25) is 5.91 Å². The van der Waals surface area contributed by atoms with Crippen molar-refractivity contribution in [2.45, 2.75) is 51.2 Å². The van der Waals surface area contributed by atoms with Gasteiger partial charge in [0.1, 0.15) is 12.2 Å². The van der Waals surface area contributed by atoms with Gasteiger partial charge in [0.05, 0.1) is 24.7 Å². The van der Waals surface area contributed by atoms with Gasteiger partial charge in [-0.15, -0.1) is 0 Å². The molecule has 1 heterocycles. The molecule has 1 saturated carbocycles. The van der Waals surface area contributed by atoms with Crippen LogP contribution in [0.2, 0.25) is 0 Å². The second kappa shape index (κ2) is 10.5. The zero-order valence-electron chi connectivity index (χ0n) is 20.6. The minimum Gasteiger partial charge on any atom is -0.493 e. The predicted octanol–water partition coefficient (Wildman–Crippen LogP) is 3.46. The number of nitrogens with two attached hydrogens (primary N) is 1. The Morgan fingerprint density at radius 1 is 1.23 bits per heavy atom. The summed E-state index contributed by atoms with van der Waals surface area (Å²) in [4.78, 5) is 16.4. The largest absolute Gasteiger partial charge is 0.493 e. The molecule has 8 heteroatoms. The number of methoxy groups -OCH3 is 1. The molecule has 4 rings (SSSR count). The maximum absolute atomic E-state index is 11.8. The van der Waals surface area contributed by atoms with Gasteiger partial charge < -0.3 is 30.9 Å². The Bertz CT molecular complexity index is 1210. The second-order valence-electron chi connectivity index (χ2n) is 9.40. The molecule has 1 aromatic heterocycles. The van der Waals surface area contributed by atoms with Crippen LogP contribution in [0, 0.1) is 0 Å². The van der Waals surface area contributed by atoms with Crippen molar-refractivity contribution >= 4 is 28.2 Å². The molecule has 8 nitrogen and oxygen atoms in total. The fraction of sp³-hybridized carbons (Fsp3) is 0.407. The first-order chi connectivity index (χ1) is 16.8. The summed E-state index contributed by atoms with van der Waals surface area (Å²) in [6, 6.07) is 12.2. The van der Waals surface area contributed by atoms with Crippen LogP contribution in [0.15, 0.2) is 42.6 Å². The maximum Gasteiger partial charge on any atom is 0.221 e. The van der Waals surface area contributed by atoms with E-state index in [0.29, 0.717) is 35.2 Å². The van der Waals surface area contributed by atoms with Gasteiger partial charge in [-0.3, -0.25) is 9.78 Å². The number of rotatable bonds is 12. The molecule has 1 aliphatic carbocycles. The summed E-state index contributed by atoms with van der Waals surface area (Å²) in [6.07, 6.45) is 4.85. The van der Waals surface area contributed by atoms with E-state index in [-0.39, 0.29) is 13.0 Å². The van der Waals surface area contributed by atoms with Crippen molar-refractivity contribution in [1.29, 1.82) is 0 Å². The van der Waals surface area contributed by atoms with E-state index in [0.717, 1.165) is 41.6 Å². The summed E-state index contributed by atoms with van der Waals surface area (Å²) < 4.78 is 11.6. The molecule has 0 bridgehead atoms. The number of carbonyl (C=O) groups excluding carboxylic acids is 1. The van der Waals surface area contributed by atoms with E-state index in [4.69, 9.17) is 15.2 Å². The number of anilines is 2. The summed E-state index contributed by atoms with van der Waals surface area (Å²) in [5.41, 5.74) is 8.69. The highest BCUT2D eigenvalue weighted by Gasteiger charge is 2.28. The summed E-state index contributed by atoms with van der Waals surface area (Å²) in [7, 11) is 1.57. The van der Waals surface area contributed by atoms with Crippen LogP contribution in [-0.2, 0) is 17.6 Å². The number of fused-ring (bicyclic) bond motifs is 1. The molecule has 2 aromatic carbocycles. The summed E-state index contributed by atoms with van der Waals surface area (Å²) in [6.45, 7) is 4.37. The number of hydrogen-bond donors (Lipinski definition) is 4. The summed E-state index contributed by atoms with van der Waals surface area (Å²) in [5, 5.41) is 18.4.